The van der Waals surface area contributed by atoms with Crippen LogP contribution in [0.25, 0.3) is 0 Å². The predicted octanol–water partition coefficient (Wildman–Crippen LogP) is 1.49. The summed E-state index contributed by atoms with van der Waals surface area (Å²) in [5.74, 6) is -1.78. The average Bonchev–Trinajstić information content (AvgIpc) is 2.32. The van der Waals surface area contributed by atoms with Gasteiger partial charge in [0, 0.05) is 6.54 Å². The minimum atomic E-state index is -0.898. The summed E-state index contributed by atoms with van der Waals surface area (Å²) in [6.07, 6.45) is 1.22. The third-order valence-electron chi connectivity index (χ3n) is 3.09. The second kappa shape index (κ2) is 4.98. The Balaban J connectivity index is 1.99. The summed E-state index contributed by atoms with van der Waals surface area (Å²) in [7, 11) is 0. The van der Waals surface area contributed by atoms with Gasteiger partial charge in [-0.25, -0.2) is 8.78 Å². The summed E-state index contributed by atoms with van der Waals surface area (Å²) in [6, 6.07) is 3.97. The van der Waals surface area contributed by atoms with E-state index in [1.165, 1.54) is 12.1 Å². The Morgan fingerprint density at radius 1 is 1.29 bits per heavy atom. The highest BCUT2D eigenvalue weighted by Crippen LogP contribution is 2.21. The Morgan fingerprint density at radius 3 is 2.71 bits per heavy atom. The van der Waals surface area contributed by atoms with Crippen LogP contribution in [0.5, 0.6) is 0 Å². The molecule has 5 heteroatoms. The first-order valence-corrected chi connectivity index (χ1v) is 5.72. The first kappa shape index (κ1) is 12.3. The Morgan fingerprint density at radius 2 is 2.00 bits per heavy atom. The molecule has 1 aromatic rings. The molecule has 0 unspecified atom stereocenters. The summed E-state index contributed by atoms with van der Waals surface area (Å²) in [6.45, 7) is 1.71. The number of halogens is 2. The Kier molecular flexibility index (Phi) is 3.59. The van der Waals surface area contributed by atoms with E-state index < -0.39 is 17.2 Å². The van der Waals surface area contributed by atoms with E-state index >= 15 is 0 Å². The average molecular weight is 242 g/mol. The summed E-state index contributed by atoms with van der Waals surface area (Å²) in [4.78, 5) is 0. The fourth-order valence-corrected chi connectivity index (χ4v) is 1.97. The molecule has 1 fully saturated rings. The van der Waals surface area contributed by atoms with Gasteiger partial charge in [0.15, 0.2) is 11.6 Å². The maximum atomic E-state index is 13.3. The van der Waals surface area contributed by atoms with Gasteiger partial charge >= 0.3 is 0 Å². The normalized spacial score (nSPS) is 19.0. The van der Waals surface area contributed by atoms with Gasteiger partial charge < -0.3 is 15.7 Å². The molecule has 0 radical (unpaired) electrons. The Hall–Kier alpha value is -1.20. The van der Waals surface area contributed by atoms with E-state index in [9.17, 15) is 13.9 Å². The molecule has 1 aliphatic heterocycles. The first-order valence-electron chi connectivity index (χ1n) is 5.72. The number of hydrogen-bond donors (Lipinski definition) is 3. The van der Waals surface area contributed by atoms with Gasteiger partial charge in [-0.05, 0) is 38.1 Å². The van der Waals surface area contributed by atoms with E-state index in [1.807, 2.05) is 0 Å². The van der Waals surface area contributed by atoms with Crippen molar-refractivity contribution in [2.24, 2.45) is 0 Å². The molecule has 0 amide bonds. The summed E-state index contributed by atoms with van der Waals surface area (Å²) in [5.41, 5.74) is -0.749. The lowest BCUT2D eigenvalue weighted by Gasteiger charge is -2.33. The molecule has 0 atom stereocenters. The summed E-state index contributed by atoms with van der Waals surface area (Å²) >= 11 is 0. The molecule has 0 saturated carbocycles. The fraction of sp³-hybridized carbons (Fsp3) is 0.500. The van der Waals surface area contributed by atoms with Gasteiger partial charge in [-0.3, -0.25) is 0 Å². The molecule has 94 valence electrons. The van der Waals surface area contributed by atoms with Crippen LogP contribution in [0.15, 0.2) is 18.2 Å². The number of rotatable bonds is 3. The van der Waals surface area contributed by atoms with Gasteiger partial charge in [-0.2, -0.15) is 0 Å². The molecular formula is C12H16F2N2O. The van der Waals surface area contributed by atoms with Crippen molar-refractivity contribution in [1.82, 2.24) is 5.32 Å². The van der Waals surface area contributed by atoms with Crippen LogP contribution in [0.4, 0.5) is 14.5 Å². The van der Waals surface area contributed by atoms with Gasteiger partial charge in [0.25, 0.3) is 0 Å². The zero-order valence-corrected chi connectivity index (χ0v) is 9.47. The van der Waals surface area contributed by atoms with Gasteiger partial charge in [0.2, 0.25) is 0 Å². The molecule has 2 rings (SSSR count). The number of anilines is 1. The van der Waals surface area contributed by atoms with Crippen LogP contribution in [-0.2, 0) is 0 Å². The highest BCUT2D eigenvalue weighted by Gasteiger charge is 2.29. The highest BCUT2D eigenvalue weighted by molar-refractivity contribution is 5.45. The lowest BCUT2D eigenvalue weighted by Crippen LogP contribution is -2.46. The third kappa shape index (κ3) is 2.92. The molecule has 0 bridgehead atoms. The summed E-state index contributed by atoms with van der Waals surface area (Å²) in [5, 5.41) is 16.1. The van der Waals surface area contributed by atoms with Crippen LogP contribution in [0.3, 0.4) is 0 Å². The third-order valence-corrected chi connectivity index (χ3v) is 3.09. The van der Waals surface area contributed by atoms with Gasteiger partial charge in [-0.15, -0.1) is 0 Å². The number of aliphatic hydroxyl groups is 1. The van der Waals surface area contributed by atoms with Crippen molar-refractivity contribution in [3.63, 3.8) is 0 Å². The quantitative estimate of drug-likeness (QED) is 0.752. The molecule has 1 aliphatic rings. The van der Waals surface area contributed by atoms with Crippen molar-refractivity contribution >= 4 is 5.69 Å². The van der Waals surface area contributed by atoms with Crippen molar-refractivity contribution in [3.8, 4) is 0 Å². The minimum absolute atomic E-state index is 0.0944. The lowest BCUT2D eigenvalue weighted by atomic mass is 9.92. The molecule has 0 spiro atoms. The van der Waals surface area contributed by atoms with Gasteiger partial charge in [-0.1, -0.05) is 6.07 Å². The number of nitrogens with one attached hydrogen (secondary N) is 2. The number of piperidine rings is 1. The standard InChI is InChI=1S/C12H16F2N2O/c13-9-2-1-3-10(11(9)14)16-8-12(17)4-6-15-7-5-12/h1-3,15-17H,4-8H2. The molecule has 1 saturated heterocycles. The molecule has 0 aromatic heterocycles. The first-order chi connectivity index (χ1) is 8.11. The zero-order chi connectivity index (χ0) is 12.3. The SMILES string of the molecule is OC1(CNc2cccc(F)c2F)CCNCC1. The fourth-order valence-electron chi connectivity index (χ4n) is 1.97. The van der Waals surface area contributed by atoms with Gasteiger partial charge in [0.05, 0.1) is 11.3 Å². The molecule has 1 aromatic carbocycles. The second-order valence-electron chi connectivity index (χ2n) is 4.43. The topological polar surface area (TPSA) is 44.3 Å². The largest absolute Gasteiger partial charge is 0.388 e. The van der Waals surface area contributed by atoms with Crippen LogP contribution in [0, 0.1) is 11.6 Å². The van der Waals surface area contributed by atoms with Crippen molar-refractivity contribution in [2.75, 3.05) is 25.0 Å². The van der Waals surface area contributed by atoms with Crippen molar-refractivity contribution in [1.29, 1.82) is 0 Å². The zero-order valence-electron chi connectivity index (χ0n) is 9.47. The van der Waals surface area contributed by atoms with E-state index in [-0.39, 0.29) is 12.2 Å². The molecule has 1 heterocycles. The maximum absolute atomic E-state index is 13.3. The van der Waals surface area contributed by atoms with E-state index in [0.29, 0.717) is 12.8 Å². The van der Waals surface area contributed by atoms with Crippen LogP contribution in [0.2, 0.25) is 0 Å². The van der Waals surface area contributed by atoms with Crippen molar-refractivity contribution in [3.05, 3.63) is 29.8 Å². The van der Waals surface area contributed by atoms with Crippen LogP contribution in [-0.4, -0.2) is 30.3 Å². The maximum Gasteiger partial charge on any atom is 0.181 e. The Bertz CT molecular complexity index is 392. The summed E-state index contributed by atoms with van der Waals surface area (Å²) < 4.78 is 26.3. The van der Waals surface area contributed by atoms with Crippen LogP contribution < -0.4 is 10.6 Å². The molecular weight excluding hydrogens is 226 g/mol. The monoisotopic (exact) mass is 242 g/mol. The van der Waals surface area contributed by atoms with E-state index in [1.54, 1.807) is 0 Å². The molecule has 3 nitrogen and oxygen atoms in total. The lowest BCUT2D eigenvalue weighted by molar-refractivity contribution is 0.0231. The Labute approximate surface area is 98.8 Å². The molecule has 17 heavy (non-hydrogen) atoms. The van der Waals surface area contributed by atoms with Crippen molar-refractivity contribution in [2.45, 2.75) is 18.4 Å². The smallest absolute Gasteiger partial charge is 0.181 e. The van der Waals surface area contributed by atoms with Crippen molar-refractivity contribution < 1.29 is 13.9 Å². The van der Waals surface area contributed by atoms with E-state index in [0.717, 1.165) is 19.2 Å². The van der Waals surface area contributed by atoms with Crippen LogP contribution in [0.1, 0.15) is 12.8 Å². The second-order valence-corrected chi connectivity index (χ2v) is 4.43. The van der Waals surface area contributed by atoms with E-state index in [2.05, 4.69) is 10.6 Å². The molecule has 3 N–H and O–H groups in total. The molecule has 0 aliphatic carbocycles. The number of benzene rings is 1. The predicted molar refractivity (Wildman–Crippen MR) is 61.9 cm³/mol. The van der Waals surface area contributed by atoms with Crippen LogP contribution >= 0.6 is 0 Å². The number of hydrogen-bond acceptors (Lipinski definition) is 3. The highest BCUT2D eigenvalue weighted by atomic mass is 19.2. The van der Waals surface area contributed by atoms with E-state index in [4.69, 9.17) is 0 Å². The minimum Gasteiger partial charge on any atom is -0.388 e. The van der Waals surface area contributed by atoms with Gasteiger partial charge in [0.1, 0.15) is 0 Å².